The van der Waals surface area contributed by atoms with Gasteiger partial charge in [-0.3, -0.25) is 0 Å². The first kappa shape index (κ1) is 10.8. The van der Waals surface area contributed by atoms with E-state index in [0.717, 1.165) is 11.8 Å². The first-order valence-corrected chi connectivity index (χ1v) is 5.96. The molecule has 1 aliphatic rings. The third-order valence-electron chi connectivity index (χ3n) is 3.43. The van der Waals surface area contributed by atoms with Crippen molar-refractivity contribution in [2.24, 2.45) is 11.8 Å². The first-order chi connectivity index (χ1) is 6.27. The van der Waals surface area contributed by atoms with Crippen LogP contribution in [0.4, 0.5) is 0 Å². The van der Waals surface area contributed by atoms with Crippen LogP contribution in [0.2, 0.25) is 0 Å². The Labute approximate surface area is 83.4 Å². The Balaban J connectivity index is 2.57. The van der Waals surface area contributed by atoms with Crippen molar-refractivity contribution in [2.75, 3.05) is 0 Å². The van der Waals surface area contributed by atoms with Crippen molar-refractivity contribution >= 4 is 0 Å². The summed E-state index contributed by atoms with van der Waals surface area (Å²) in [5.41, 5.74) is 1.67. The van der Waals surface area contributed by atoms with Gasteiger partial charge in [0.25, 0.3) is 0 Å². The van der Waals surface area contributed by atoms with Crippen LogP contribution in [0.1, 0.15) is 59.3 Å². The predicted molar refractivity (Wildman–Crippen MR) is 59.8 cm³/mol. The van der Waals surface area contributed by atoms with E-state index < -0.39 is 0 Å². The van der Waals surface area contributed by atoms with E-state index in [9.17, 15) is 0 Å². The van der Waals surface area contributed by atoms with Gasteiger partial charge in [-0.05, 0) is 44.4 Å². The fourth-order valence-electron chi connectivity index (χ4n) is 2.49. The Morgan fingerprint density at radius 1 is 1.31 bits per heavy atom. The molecular formula is C13H24. The molecule has 1 aliphatic carbocycles. The van der Waals surface area contributed by atoms with Gasteiger partial charge in [0, 0.05) is 0 Å². The molecule has 13 heavy (non-hydrogen) atoms. The van der Waals surface area contributed by atoms with Crippen molar-refractivity contribution in [3.8, 4) is 0 Å². The predicted octanol–water partition coefficient (Wildman–Crippen LogP) is 4.56. The van der Waals surface area contributed by atoms with Crippen LogP contribution >= 0.6 is 0 Å². The van der Waals surface area contributed by atoms with Crippen molar-refractivity contribution in [3.63, 3.8) is 0 Å². The molecule has 0 radical (unpaired) electrons. The van der Waals surface area contributed by atoms with Gasteiger partial charge < -0.3 is 0 Å². The molecule has 0 aliphatic heterocycles. The summed E-state index contributed by atoms with van der Waals surface area (Å²) in [5, 5.41) is 0. The number of hydrogen-bond donors (Lipinski definition) is 0. The van der Waals surface area contributed by atoms with Gasteiger partial charge in [0.1, 0.15) is 0 Å². The molecular weight excluding hydrogens is 156 g/mol. The first-order valence-electron chi connectivity index (χ1n) is 5.96. The minimum Gasteiger partial charge on any atom is -0.0822 e. The summed E-state index contributed by atoms with van der Waals surface area (Å²) in [6.07, 6.45) is 10.9. The van der Waals surface area contributed by atoms with Gasteiger partial charge in [0.2, 0.25) is 0 Å². The van der Waals surface area contributed by atoms with E-state index in [4.69, 9.17) is 0 Å². The molecule has 0 N–H and O–H groups in total. The maximum atomic E-state index is 2.55. The molecule has 76 valence electrons. The molecule has 0 aromatic rings. The highest BCUT2D eigenvalue weighted by Gasteiger charge is 2.16. The van der Waals surface area contributed by atoms with E-state index in [1.54, 1.807) is 5.57 Å². The zero-order chi connectivity index (χ0) is 9.68. The van der Waals surface area contributed by atoms with Gasteiger partial charge in [-0.2, -0.15) is 0 Å². The van der Waals surface area contributed by atoms with Gasteiger partial charge in [0.15, 0.2) is 0 Å². The summed E-state index contributed by atoms with van der Waals surface area (Å²) in [6.45, 7) is 6.96. The molecule has 0 amide bonds. The maximum absolute atomic E-state index is 2.55. The third kappa shape index (κ3) is 3.17. The van der Waals surface area contributed by atoms with E-state index in [1.165, 1.54) is 38.5 Å². The van der Waals surface area contributed by atoms with E-state index in [0.29, 0.717) is 0 Å². The largest absolute Gasteiger partial charge is 0.0822 e. The summed E-state index contributed by atoms with van der Waals surface area (Å²) in [4.78, 5) is 0. The molecule has 1 rings (SSSR count). The summed E-state index contributed by atoms with van der Waals surface area (Å²) in [6, 6.07) is 0. The normalized spacial score (nSPS) is 29.6. The lowest BCUT2D eigenvalue weighted by atomic mass is 9.92. The average Bonchev–Trinajstić information content (AvgIpc) is 2.30. The molecule has 0 aromatic carbocycles. The molecule has 2 atom stereocenters. The van der Waals surface area contributed by atoms with Crippen LogP contribution in [0.25, 0.3) is 0 Å². The molecule has 0 spiro atoms. The number of allylic oxidation sites excluding steroid dienone is 2. The number of hydrogen-bond acceptors (Lipinski definition) is 0. The summed E-state index contributed by atoms with van der Waals surface area (Å²) in [7, 11) is 0. The Hall–Kier alpha value is -0.260. The Kier molecular flexibility index (Phi) is 4.55. The second kappa shape index (κ2) is 5.47. The molecule has 0 bridgehead atoms. The SMILES string of the molecule is CCCC1CCCC(CC)C=C1C. The Bertz CT molecular complexity index is 167. The van der Waals surface area contributed by atoms with Crippen LogP contribution in [0, 0.1) is 11.8 Å². The smallest absolute Gasteiger partial charge is 0.0206 e. The minimum atomic E-state index is 0.877. The Morgan fingerprint density at radius 2 is 2.08 bits per heavy atom. The fourth-order valence-corrected chi connectivity index (χ4v) is 2.49. The molecule has 0 heteroatoms. The lowest BCUT2D eigenvalue weighted by Crippen LogP contribution is -1.99. The third-order valence-corrected chi connectivity index (χ3v) is 3.43. The fraction of sp³-hybridized carbons (Fsp3) is 0.846. The monoisotopic (exact) mass is 180 g/mol. The number of rotatable bonds is 3. The highest BCUT2D eigenvalue weighted by molar-refractivity contribution is 5.07. The maximum Gasteiger partial charge on any atom is -0.0206 e. The highest BCUT2D eigenvalue weighted by atomic mass is 14.2. The summed E-state index contributed by atoms with van der Waals surface area (Å²) in [5.74, 6) is 1.78. The minimum absolute atomic E-state index is 0.877. The van der Waals surface area contributed by atoms with Crippen molar-refractivity contribution in [1.29, 1.82) is 0 Å². The van der Waals surface area contributed by atoms with Gasteiger partial charge in [-0.1, -0.05) is 38.3 Å². The van der Waals surface area contributed by atoms with Crippen LogP contribution in [0.3, 0.4) is 0 Å². The second-order valence-corrected chi connectivity index (χ2v) is 4.50. The van der Waals surface area contributed by atoms with E-state index >= 15 is 0 Å². The molecule has 0 fully saturated rings. The topological polar surface area (TPSA) is 0 Å². The molecule has 0 aromatic heterocycles. The second-order valence-electron chi connectivity index (χ2n) is 4.50. The van der Waals surface area contributed by atoms with Crippen LogP contribution in [-0.2, 0) is 0 Å². The molecule has 0 heterocycles. The quantitative estimate of drug-likeness (QED) is 0.558. The van der Waals surface area contributed by atoms with Crippen LogP contribution in [-0.4, -0.2) is 0 Å². The van der Waals surface area contributed by atoms with Gasteiger partial charge in [-0.25, -0.2) is 0 Å². The summed E-state index contributed by atoms with van der Waals surface area (Å²) >= 11 is 0. The van der Waals surface area contributed by atoms with Gasteiger partial charge in [-0.15, -0.1) is 0 Å². The van der Waals surface area contributed by atoms with Gasteiger partial charge >= 0.3 is 0 Å². The van der Waals surface area contributed by atoms with Crippen molar-refractivity contribution in [2.45, 2.75) is 59.3 Å². The molecule has 0 nitrogen and oxygen atoms in total. The van der Waals surface area contributed by atoms with E-state index in [2.05, 4.69) is 26.8 Å². The van der Waals surface area contributed by atoms with E-state index in [-0.39, 0.29) is 0 Å². The molecule has 2 unspecified atom stereocenters. The molecule has 0 saturated heterocycles. The summed E-state index contributed by atoms with van der Waals surface area (Å²) < 4.78 is 0. The van der Waals surface area contributed by atoms with Crippen LogP contribution in [0.15, 0.2) is 11.6 Å². The van der Waals surface area contributed by atoms with E-state index in [1.807, 2.05) is 0 Å². The van der Waals surface area contributed by atoms with Crippen molar-refractivity contribution in [3.05, 3.63) is 11.6 Å². The van der Waals surface area contributed by atoms with Crippen LogP contribution in [0.5, 0.6) is 0 Å². The van der Waals surface area contributed by atoms with Crippen LogP contribution < -0.4 is 0 Å². The Morgan fingerprint density at radius 3 is 2.69 bits per heavy atom. The molecule has 0 saturated carbocycles. The standard InChI is InChI=1S/C13H24/c1-4-7-13-9-6-8-12(5-2)10-11(13)3/h10,12-13H,4-9H2,1-3H3. The lowest BCUT2D eigenvalue weighted by molar-refractivity contribution is 0.477. The highest BCUT2D eigenvalue weighted by Crippen LogP contribution is 2.30. The zero-order valence-electron chi connectivity index (χ0n) is 9.47. The van der Waals surface area contributed by atoms with Gasteiger partial charge in [0.05, 0.1) is 0 Å². The van der Waals surface area contributed by atoms with Crippen molar-refractivity contribution in [1.82, 2.24) is 0 Å². The zero-order valence-corrected chi connectivity index (χ0v) is 9.47. The average molecular weight is 180 g/mol. The lowest BCUT2D eigenvalue weighted by Gasteiger charge is -2.14. The van der Waals surface area contributed by atoms with Crippen molar-refractivity contribution < 1.29 is 0 Å².